The molecule has 0 fully saturated rings. The number of benzene rings is 1. The second-order valence-corrected chi connectivity index (χ2v) is 7.49. The van der Waals surface area contributed by atoms with Crippen LogP contribution in [0.1, 0.15) is 29.8 Å². The number of nitrogens with one attached hydrogen (secondary N) is 1. The number of anilines is 3. The van der Waals surface area contributed by atoms with Gasteiger partial charge in [-0.15, -0.1) is 0 Å². The summed E-state index contributed by atoms with van der Waals surface area (Å²) in [4.78, 5) is 12.8. The van der Waals surface area contributed by atoms with Crippen LogP contribution >= 0.6 is 11.6 Å². The average Bonchev–Trinajstić information content (AvgIpc) is 3.05. The lowest BCUT2D eigenvalue weighted by molar-refractivity contribution is 0.415. The Bertz CT molecular complexity index is 1380. The summed E-state index contributed by atoms with van der Waals surface area (Å²) < 4.78 is 7.00. The number of rotatable bonds is 5. The summed E-state index contributed by atoms with van der Waals surface area (Å²) in [6.07, 6.45) is 1.84. The van der Waals surface area contributed by atoms with Crippen molar-refractivity contribution in [3.05, 3.63) is 52.3 Å². The Kier molecular flexibility index (Phi) is 5.42. The fraction of sp³-hybridized carbons (Fsp3) is 0.190. The van der Waals surface area contributed by atoms with E-state index >= 15 is 0 Å². The summed E-state index contributed by atoms with van der Waals surface area (Å²) in [6.45, 7) is 3.72. The highest BCUT2D eigenvalue weighted by molar-refractivity contribution is 6.34. The van der Waals surface area contributed by atoms with E-state index in [0.717, 1.165) is 11.1 Å². The van der Waals surface area contributed by atoms with E-state index in [2.05, 4.69) is 20.4 Å². The second-order valence-electron chi connectivity index (χ2n) is 7.11. The summed E-state index contributed by atoms with van der Waals surface area (Å²) in [7, 11) is 1.60. The highest BCUT2D eigenvalue weighted by Crippen LogP contribution is 2.33. The maximum atomic E-state index is 9.49. The van der Waals surface area contributed by atoms with E-state index in [1.165, 1.54) is 0 Å². The lowest BCUT2D eigenvalue weighted by Crippen LogP contribution is -2.15. The molecule has 0 radical (unpaired) electrons. The van der Waals surface area contributed by atoms with Crippen LogP contribution in [-0.4, -0.2) is 31.7 Å². The molecule has 0 amide bonds. The molecule has 1 aromatic carbocycles. The number of hydrogen-bond donors (Lipinski definition) is 3. The zero-order valence-corrected chi connectivity index (χ0v) is 18.3. The Balaban J connectivity index is 1.88. The highest BCUT2D eigenvalue weighted by Gasteiger charge is 2.21. The predicted octanol–water partition coefficient (Wildman–Crippen LogP) is 3.37. The summed E-state index contributed by atoms with van der Waals surface area (Å²) in [5.41, 5.74) is 15.2. The molecule has 0 spiro atoms. The van der Waals surface area contributed by atoms with Crippen LogP contribution in [0.2, 0.25) is 5.02 Å². The smallest absolute Gasteiger partial charge is 0.224 e. The number of fused-ring (bicyclic) bond motifs is 1. The third-order valence-electron chi connectivity index (χ3n) is 4.97. The molecule has 5 N–H and O–H groups in total. The first-order chi connectivity index (χ1) is 15.3. The molecule has 3 aromatic heterocycles. The number of nitrogens with zero attached hydrogens (tertiary/aromatic N) is 6. The van der Waals surface area contributed by atoms with Crippen molar-refractivity contribution in [2.24, 2.45) is 0 Å². The number of nitrogens with two attached hydrogens (primary N) is 2. The number of nitrogen functional groups attached to an aromatic ring is 2. The van der Waals surface area contributed by atoms with Gasteiger partial charge < -0.3 is 21.5 Å². The number of aryl methyl sites for hydroxylation is 1. The minimum absolute atomic E-state index is 0.00535. The first-order valence-electron chi connectivity index (χ1n) is 9.61. The van der Waals surface area contributed by atoms with Crippen LogP contribution in [0, 0.1) is 18.3 Å². The average molecular weight is 450 g/mol. The highest BCUT2D eigenvalue weighted by atomic mass is 35.5. The fourth-order valence-corrected chi connectivity index (χ4v) is 3.55. The van der Waals surface area contributed by atoms with Crippen molar-refractivity contribution in [3.8, 4) is 23.1 Å². The van der Waals surface area contributed by atoms with Gasteiger partial charge in [-0.05, 0) is 26.0 Å². The SMILES string of the molecule is COc1cccc(-c2nc3c(Cl)c(C)nn3cc2[C@H](C)Nc2nc(N)nc(N)c2C#N)c1. The van der Waals surface area contributed by atoms with Gasteiger partial charge in [0.25, 0.3) is 0 Å². The van der Waals surface area contributed by atoms with Crippen molar-refractivity contribution in [1.82, 2.24) is 24.6 Å². The molecule has 4 aromatic rings. The van der Waals surface area contributed by atoms with Crippen molar-refractivity contribution in [2.45, 2.75) is 19.9 Å². The molecule has 3 heterocycles. The minimum Gasteiger partial charge on any atom is -0.497 e. The molecule has 10 nitrogen and oxygen atoms in total. The molecule has 1 atom stereocenters. The van der Waals surface area contributed by atoms with Gasteiger partial charge in [0.05, 0.1) is 24.5 Å². The number of methoxy groups -OCH3 is 1. The molecular formula is C21H20ClN9O. The predicted molar refractivity (Wildman–Crippen MR) is 122 cm³/mol. The maximum Gasteiger partial charge on any atom is 0.224 e. The molecular weight excluding hydrogens is 430 g/mol. The van der Waals surface area contributed by atoms with Crippen molar-refractivity contribution < 1.29 is 4.74 Å². The summed E-state index contributed by atoms with van der Waals surface area (Å²) in [6, 6.07) is 9.19. The molecule has 0 aliphatic rings. The van der Waals surface area contributed by atoms with E-state index in [1.54, 1.807) is 11.6 Å². The molecule has 0 unspecified atom stereocenters. The molecule has 32 heavy (non-hydrogen) atoms. The monoisotopic (exact) mass is 449 g/mol. The Morgan fingerprint density at radius 1 is 1.25 bits per heavy atom. The van der Waals surface area contributed by atoms with E-state index in [0.29, 0.717) is 27.8 Å². The zero-order valence-electron chi connectivity index (χ0n) is 17.6. The summed E-state index contributed by atoms with van der Waals surface area (Å²) in [5, 5.41) is 17.6. The topological polar surface area (TPSA) is 153 Å². The van der Waals surface area contributed by atoms with Gasteiger partial charge in [0.1, 0.15) is 28.2 Å². The Morgan fingerprint density at radius 2 is 2.03 bits per heavy atom. The number of ether oxygens (including phenoxy) is 1. The van der Waals surface area contributed by atoms with E-state index in [4.69, 9.17) is 32.8 Å². The van der Waals surface area contributed by atoms with Crippen molar-refractivity contribution in [2.75, 3.05) is 23.9 Å². The van der Waals surface area contributed by atoms with Gasteiger partial charge in [0.15, 0.2) is 11.5 Å². The van der Waals surface area contributed by atoms with E-state index in [1.807, 2.05) is 50.4 Å². The molecule has 0 bridgehead atoms. The van der Waals surface area contributed by atoms with Gasteiger partial charge in [-0.3, -0.25) is 0 Å². The van der Waals surface area contributed by atoms with E-state index in [-0.39, 0.29) is 29.2 Å². The largest absolute Gasteiger partial charge is 0.497 e. The van der Waals surface area contributed by atoms with Crippen molar-refractivity contribution >= 4 is 34.8 Å². The van der Waals surface area contributed by atoms with E-state index < -0.39 is 0 Å². The summed E-state index contributed by atoms with van der Waals surface area (Å²) in [5.74, 6) is 0.893. The number of halogens is 1. The van der Waals surface area contributed by atoms with Crippen LogP contribution in [0.25, 0.3) is 16.9 Å². The molecule has 0 aliphatic heterocycles. The lowest BCUT2D eigenvalue weighted by atomic mass is 10.0. The molecule has 0 saturated carbocycles. The lowest BCUT2D eigenvalue weighted by Gasteiger charge is -2.19. The normalized spacial score (nSPS) is 11.8. The molecule has 11 heteroatoms. The molecule has 0 saturated heterocycles. The van der Waals surface area contributed by atoms with Gasteiger partial charge in [-0.2, -0.15) is 20.3 Å². The Labute approximate surface area is 188 Å². The molecule has 4 rings (SSSR count). The van der Waals surface area contributed by atoms with Crippen LogP contribution in [0.5, 0.6) is 5.75 Å². The van der Waals surface area contributed by atoms with Crippen LogP contribution in [0.15, 0.2) is 30.5 Å². The zero-order chi connectivity index (χ0) is 23.0. The van der Waals surface area contributed by atoms with Gasteiger partial charge in [0, 0.05) is 17.3 Å². The first-order valence-corrected chi connectivity index (χ1v) is 9.99. The third kappa shape index (κ3) is 3.70. The van der Waals surface area contributed by atoms with Crippen molar-refractivity contribution in [3.63, 3.8) is 0 Å². The Morgan fingerprint density at radius 3 is 2.75 bits per heavy atom. The van der Waals surface area contributed by atoms with Crippen LogP contribution in [0.4, 0.5) is 17.6 Å². The van der Waals surface area contributed by atoms with Gasteiger partial charge in [0.2, 0.25) is 5.95 Å². The molecule has 162 valence electrons. The minimum atomic E-state index is -0.364. The van der Waals surface area contributed by atoms with Crippen LogP contribution < -0.4 is 21.5 Å². The van der Waals surface area contributed by atoms with Crippen LogP contribution in [0.3, 0.4) is 0 Å². The number of hydrogen-bond acceptors (Lipinski definition) is 9. The van der Waals surface area contributed by atoms with Gasteiger partial charge in [-0.25, -0.2) is 9.50 Å². The summed E-state index contributed by atoms with van der Waals surface area (Å²) >= 11 is 6.43. The molecule has 0 aliphatic carbocycles. The maximum absolute atomic E-state index is 9.49. The van der Waals surface area contributed by atoms with Gasteiger partial charge >= 0.3 is 0 Å². The number of nitriles is 1. The van der Waals surface area contributed by atoms with Crippen LogP contribution in [-0.2, 0) is 0 Å². The van der Waals surface area contributed by atoms with Crippen molar-refractivity contribution in [1.29, 1.82) is 5.26 Å². The third-order valence-corrected chi connectivity index (χ3v) is 5.41. The quantitative estimate of drug-likeness (QED) is 0.416. The van der Waals surface area contributed by atoms with E-state index in [9.17, 15) is 5.26 Å². The second kappa shape index (κ2) is 8.20. The standard InChI is InChI=1S/C21H20ClN9O/c1-10(26-19-14(8-23)18(24)28-21(25)29-19)15-9-31-20(16(22)11(2)30-31)27-17(15)12-5-4-6-13(7-12)32-3/h4-7,9-10H,1-3H3,(H5,24,25,26,28,29)/t10-/m0/s1. The Hall–Kier alpha value is -4.10. The van der Waals surface area contributed by atoms with Gasteiger partial charge in [-0.1, -0.05) is 23.7 Å². The fourth-order valence-electron chi connectivity index (χ4n) is 3.38. The first kappa shape index (κ1) is 21.1. The number of aromatic nitrogens is 5.